The third kappa shape index (κ3) is 6.39. The predicted molar refractivity (Wildman–Crippen MR) is 107 cm³/mol. The highest BCUT2D eigenvalue weighted by atomic mass is 35.5. The van der Waals surface area contributed by atoms with Crippen LogP contribution in [0.3, 0.4) is 0 Å². The van der Waals surface area contributed by atoms with Crippen LogP contribution in [-0.4, -0.2) is 27.5 Å². The van der Waals surface area contributed by atoms with Crippen molar-refractivity contribution >= 4 is 39.1 Å². The number of sulfonamides is 1. The zero-order valence-corrected chi connectivity index (χ0v) is 17.2. The highest BCUT2D eigenvalue weighted by Crippen LogP contribution is 2.28. The number of amides is 1. The monoisotopic (exact) mass is 430 g/mol. The number of carbonyl (C=O) groups excluding carboxylic acids is 1. The Kier molecular flexibility index (Phi) is 7.49. The first-order valence-electron chi connectivity index (χ1n) is 8.09. The molecule has 0 spiro atoms. The van der Waals surface area contributed by atoms with Gasteiger partial charge in [-0.25, -0.2) is 13.1 Å². The molecule has 0 aromatic heterocycles. The van der Waals surface area contributed by atoms with Crippen LogP contribution in [0.1, 0.15) is 18.1 Å². The van der Waals surface area contributed by atoms with E-state index in [1.165, 1.54) is 13.1 Å². The molecule has 2 aromatic carbocycles. The average Bonchev–Trinajstić information content (AvgIpc) is 2.62. The van der Waals surface area contributed by atoms with E-state index in [-0.39, 0.29) is 18.2 Å². The number of carbonyl (C=O) groups is 1. The summed E-state index contributed by atoms with van der Waals surface area (Å²) in [5.74, 6) is -0.168. The van der Waals surface area contributed by atoms with Crippen molar-refractivity contribution in [3.8, 4) is 5.75 Å². The Morgan fingerprint density at radius 2 is 1.81 bits per heavy atom. The third-order valence-corrected chi connectivity index (χ3v) is 5.64. The Morgan fingerprint density at radius 1 is 1.15 bits per heavy atom. The lowest BCUT2D eigenvalue weighted by molar-refractivity contribution is -0.127. The van der Waals surface area contributed by atoms with Crippen LogP contribution in [0.2, 0.25) is 10.0 Å². The van der Waals surface area contributed by atoms with Gasteiger partial charge < -0.3 is 10.1 Å². The molecule has 0 aliphatic carbocycles. The minimum Gasteiger partial charge on any atom is -0.479 e. The van der Waals surface area contributed by atoms with E-state index >= 15 is 0 Å². The molecule has 27 heavy (non-hydrogen) atoms. The third-order valence-electron chi connectivity index (χ3n) is 3.79. The van der Waals surface area contributed by atoms with Crippen LogP contribution in [0.25, 0.3) is 0 Å². The normalized spacial score (nSPS) is 12.4. The number of halogens is 2. The Hall–Kier alpha value is -1.80. The number of hydrogen-bond acceptors (Lipinski definition) is 4. The van der Waals surface area contributed by atoms with E-state index in [0.29, 0.717) is 26.9 Å². The summed E-state index contributed by atoms with van der Waals surface area (Å²) < 4.78 is 31.4. The van der Waals surface area contributed by atoms with E-state index in [1.807, 2.05) is 0 Å². The smallest absolute Gasteiger partial charge is 0.261 e. The summed E-state index contributed by atoms with van der Waals surface area (Å²) in [6, 6.07) is 11.7. The van der Waals surface area contributed by atoms with Crippen molar-refractivity contribution in [3.05, 3.63) is 63.6 Å². The van der Waals surface area contributed by atoms with Gasteiger partial charge >= 0.3 is 0 Å². The summed E-state index contributed by atoms with van der Waals surface area (Å²) in [6.07, 6.45) is -0.795. The molecule has 0 bridgehead atoms. The minimum atomic E-state index is -3.41. The fraction of sp³-hybridized carbons (Fsp3) is 0.278. The lowest BCUT2D eigenvalue weighted by atomic mass is 10.1. The number of ether oxygens (including phenoxy) is 1. The van der Waals surface area contributed by atoms with Gasteiger partial charge in [0.15, 0.2) is 6.10 Å². The highest BCUT2D eigenvalue weighted by Gasteiger charge is 2.17. The van der Waals surface area contributed by atoms with Gasteiger partial charge in [-0.3, -0.25) is 4.79 Å². The number of benzene rings is 2. The van der Waals surface area contributed by atoms with Gasteiger partial charge in [-0.1, -0.05) is 47.5 Å². The van der Waals surface area contributed by atoms with Gasteiger partial charge in [0.05, 0.1) is 10.8 Å². The van der Waals surface area contributed by atoms with Crippen LogP contribution >= 0.6 is 23.2 Å². The first-order chi connectivity index (χ1) is 12.7. The minimum absolute atomic E-state index is 0.165. The molecule has 6 nitrogen and oxygen atoms in total. The second kappa shape index (κ2) is 9.41. The van der Waals surface area contributed by atoms with Gasteiger partial charge in [-0.05, 0) is 43.3 Å². The molecule has 0 aliphatic rings. The molecular formula is C18H20Cl2N2O4S. The van der Waals surface area contributed by atoms with Crippen molar-refractivity contribution in [1.82, 2.24) is 10.0 Å². The molecule has 0 saturated carbocycles. The first kappa shape index (κ1) is 21.5. The Morgan fingerprint density at radius 3 is 2.44 bits per heavy atom. The quantitative estimate of drug-likeness (QED) is 0.673. The van der Waals surface area contributed by atoms with E-state index in [9.17, 15) is 13.2 Å². The van der Waals surface area contributed by atoms with Crippen LogP contribution in [-0.2, 0) is 27.1 Å². The van der Waals surface area contributed by atoms with E-state index in [4.69, 9.17) is 27.9 Å². The maximum Gasteiger partial charge on any atom is 0.261 e. The van der Waals surface area contributed by atoms with Crippen molar-refractivity contribution in [2.45, 2.75) is 25.3 Å². The van der Waals surface area contributed by atoms with E-state index in [0.717, 1.165) is 0 Å². The lowest BCUT2D eigenvalue weighted by Gasteiger charge is -2.16. The van der Waals surface area contributed by atoms with E-state index in [1.54, 1.807) is 43.3 Å². The highest BCUT2D eigenvalue weighted by molar-refractivity contribution is 7.88. The maximum atomic E-state index is 12.3. The Labute approximate surface area is 168 Å². The van der Waals surface area contributed by atoms with Crippen LogP contribution in [0, 0.1) is 0 Å². The molecule has 2 N–H and O–H groups in total. The summed E-state index contributed by atoms with van der Waals surface area (Å²) in [7, 11) is -2.05. The van der Waals surface area contributed by atoms with Gasteiger partial charge in [0.1, 0.15) is 5.75 Å². The molecule has 0 unspecified atom stereocenters. The summed E-state index contributed by atoms with van der Waals surface area (Å²) in [6.45, 7) is 1.77. The fourth-order valence-electron chi connectivity index (χ4n) is 2.29. The van der Waals surface area contributed by atoms with Gasteiger partial charge in [-0.15, -0.1) is 0 Å². The molecule has 1 amide bonds. The zero-order chi connectivity index (χ0) is 20.0. The molecule has 0 saturated heterocycles. The maximum absolute atomic E-state index is 12.3. The second-order valence-electron chi connectivity index (χ2n) is 5.78. The summed E-state index contributed by atoms with van der Waals surface area (Å²) >= 11 is 11.9. The second-order valence-corrected chi connectivity index (χ2v) is 8.55. The van der Waals surface area contributed by atoms with Gasteiger partial charge in [-0.2, -0.15) is 0 Å². The fourth-order valence-corrected chi connectivity index (χ4v) is 3.58. The van der Waals surface area contributed by atoms with Crippen molar-refractivity contribution in [2.75, 3.05) is 7.05 Å². The molecule has 1 atom stereocenters. The van der Waals surface area contributed by atoms with Crippen molar-refractivity contribution < 1.29 is 17.9 Å². The molecule has 0 aliphatic heterocycles. The summed E-state index contributed by atoms with van der Waals surface area (Å²) in [4.78, 5) is 12.3. The molecule has 2 rings (SSSR count). The average molecular weight is 431 g/mol. The topological polar surface area (TPSA) is 84.5 Å². The lowest BCUT2D eigenvalue weighted by Crippen LogP contribution is -2.36. The van der Waals surface area contributed by atoms with Crippen LogP contribution in [0.4, 0.5) is 0 Å². The van der Waals surface area contributed by atoms with Crippen molar-refractivity contribution in [2.24, 2.45) is 0 Å². The van der Waals surface area contributed by atoms with E-state index < -0.39 is 16.1 Å². The first-order valence-corrected chi connectivity index (χ1v) is 10.5. The van der Waals surface area contributed by atoms with E-state index in [2.05, 4.69) is 10.0 Å². The number of rotatable bonds is 8. The van der Waals surface area contributed by atoms with Crippen molar-refractivity contribution in [3.63, 3.8) is 0 Å². The van der Waals surface area contributed by atoms with Gasteiger partial charge in [0.2, 0.25) is 10.0 Å². The molecule has 9 heteroatoms. The van der Waals surface area contributed by atoms with Gasteiger partial charge in [0, 0.05) is 11.6 Å². The number of hydrogen-bond donors (Lipinski definition) is 2. The molecule has 2 aromatic rings. The van der Waals surface area contributed by atoms with Crippen molar-refractivity contribution in [1.29, 1.82) is 0 Å². The summed E-state index contributed by atoms with van der Waals surface area (Å²) in [5.41, 5.74) is 1.32. The van der Waals surface area contributed by atoms with Crippen LogP contribution in [0.5, 0.6) is 5.75 Å². The van der Waals surface area contributed by atoms with Gasteiger partial charge in [0.25, 0.3) is 5.91 Å². The Balaban J connectivity index is 2.01. The van der Waals surface area contributed by atoms with Crippen LogP contribution < -0.4 is 14.8 Å². The summed E-state index contributed by atoms with van der Waals surface area (Å²) in [5, 5.41) is 3.53. The molecule has 146 valence electrons. The molecular weight excluding hydrogens is 411 g/mol. The SMILES string of the molecule is CNS(=O)(=O)Cc1ccccc1CNC(=O)[C@@H](C)Oc1ccc(Cl)cc1Cl. The largest absolute Gasteiger partial charge is 0.479 e. The standard InChI is InChI=1S/C18H20Cl2N2O4S/c1-12(26-17-8-7-15(19)9-16(17)20)18(23)22-10-13-5-3-4-6-14(13)11-27(24,25)21-2/h3-9,12,21H,10-11H2,1-2H3,(H,22,23)/t12-/m1/s1. The molecule has 0 radical (unpaired) electrons. The zero-order valence-electron chi connectivity index (χ0n) is 14.8. The molecule has 0 fully saturated rings. The van der Waals surface area contributed by atoms with Crippen LogP contribution in [0.15, 0.2) is 42.5 Å². The Bertz CT molecular complexity index is 919. The molecule has 0 heterocycles. The number of nitrogens with one attached hydrogen (secondary N) is 2. The predicted octanol–water partition coefficient (Wildman–Crippen LogP) is 3.13.